The Morgan fingerprint density at radius 1 is 0.387 bits per heavy atom. The van der Waals surface area contributed by atoms with E-state index in [2.05, 4.69) is 0 Å². The van der Waals surface area contributed by atoms with Gasteiger partial charge in [-0.2, -0.15) is 0 Å². The Morgan fingerprint density at radius 2 is 0.710 bits per heavy atom. The summed E-state index contributed by atoms with van der Waals surface area (Å²) in [7, 11) is 0. The summed E-state index contributed by atoms with van der Waals surface area (Å²) in [6.45, 7) is -2.55. The summed E-state index contributed by atoms with van der Waals surface area (Å²) in [4.78, 5) is 0. The minimum Gasteiger partial charge on any atom is -0.394 e. The number of aliphatic hydroxyl groups excluding tert-OH is 8. The zero-order valence-corrected chi connectivity index (χ0v) is 17.6. The van der Waals surface area contributed by atoms with Crippen LogP contribution in [0.2, 0.25) is 0 Å². The molecule has 0 heterocycles. The normalized spacial score (nSPS) is 17.8. The van der Waals surface area contributed by atoms with Gasteiger partial charge in [0.1, 0.15) is 36.6 Å². The van der Waals surface area contributed by atoms with Gasteiger partial charge in [0.15, 0.2) is 0 Å². The highest BCUT2D eigenvalue weighted by molar-refractivity contribution is 4.62. The lowest BCUT2D eigenvalue weighted by molar-refractivity contribution is -0.114. The summed E-state index contributed by atoms with van der Waals surface area (Å²) in [6.07, 6.45) is -5.56. The first-order valence-corrected chi connectivity index (χ1v) is 9.98. The third-order valence-electron chi connectivity index (χ3n) is 3.73. The molecule has 0 saturated heterocycles. The van der Waals surface area contributed by atoms with Crippen molar-refractivity contribution in [1.29, 1.82) is 0 Å². The predicted molar refractivity (Wildman–Crippen MR) is 104 cm³/mol. The van der Waals surface area contributed by atoms with Gasteiger partial charge in [0.25, 0.3) is 0 Å². The Labute approximate surface area is 181 Å². The molecule has 0 bridgehead atoms. The lowest BCUT2D eigenvalue weighted by Crippen LogP contribution is -2.34. The van der Waals surface area contributed by atoms with Crippen molar-refractivity contribution in [2.24, 2.45) is 0 Å². The van der Waals surface area contributed by atoms with Crippen LogP contribution in [0.5, 0.6) is 0 Å². The van der Waals surface area contributed by atoms with Crippen LogP contribution >= 0.6 is 0 Å². The van der Waals surface area contributed by atoms with Crippen molar-refractivity contribution in [3.8, 4) is 0 Å². The first-order chi connectivity index (χ1) is 14.9. The van der Waals surface area contributed by atoms with Crippen molar-refractivity contribution in [2.45, 2.75) is 36.6 Å². The van der Waals surface area contributed by atoms with Crippen LogP contribution in [0.4, 0.5) is 0 Å². The van der Waals surface area contributed by atoms with E-state index in [1.54, 1.807) is 0 Å². The number of hydrogen-bond acceptors (Lipinski definition) is 13. The molecule has 0 saturated carbocycles. The van der Waals surface area contributed by atoms with Crippen LogP contribution in [0.25, 0.3) is 0 Å². The Bertz CT molecular complexity index is 389. The van der Waals surface area contributed by atoms with Crippen LogP contribution < -0.4 is 0 Å². The summed E-state index contributed by atoms with van der Waals surface area (Å²) in [5.41, 5.74) is 0. The number of ether oxygens (including phenoxy) is 5. The Morgan fingerprint density at radius 3 is 1.06 bits per heavy atom. The molecule has 188 valence electrons. The SMILES string of the molecule is OCC(O)COCC(O)COCC(CO)OCC(O)COC(CO)COCC(O)CO. The molecule has 0 aromatic heterocycles. The highest BCUT2D eigenvalue weighted by Gasteiger charge is 2.16. The Kier molecular flexibility index (Phi) is 19.8. The fourth-order valence-electron chi connectivity index (χ4n) is 2.01. The molecule has 13 heteroatoms. The van der Waals surface area contributed by atoms with Gasteiger partial charge in [-0.05, 0) is 0 Å². The molecular formula is C18H38O13. The van der Waals surface area contributed by atoms with Gasteiger partial charge in [-0.25, -0.2) is 0 Å². The summed E-state index contributed by atoms with van der Waals surface area (Å²) < 4.78 is 25.9. The molecule has 0 radical (unpaired) electrons. The Balaban J connectivity index is 3.92. The summed E-state index contributed by atoms with van der Waals surface area (Å²) >= 11 is 0. The maximum absolute atomic E-state index is 9.90. The van der Waals surface area contributed by atoms with Crippen LogP contribution in [0, 0.1) is 0 Å². The van der Waals surface area contributed by atoms with Crippen molar-refractivity contribution < 1.29 is 64.5 Å². The highest BCUT2D eigenvalue weighted by Crippen LogP contribution is 2.01. The standard InChI is InChI=1S/C18H38O13/c19-1-13(23)5-27-7-15(25)8-29-12-18(4-22)31-10-16(26)9-30-17(3-21)11-28-6-14(24)2-20/h13-26H,1-12H2. The lowest BCUT2D eigenvalue weighted by Gasteiger charge is -2.21. The third kappa shape index (κ3) is 17.7. The topological polar surface area (TPSA) is 208 Å². The number of rotatable bonds is 22. The predicted octanol–water partition coefficient (Wildman–Crippen LogP) is -4.78. The third-order valence-corrected chi connectivity index (χ3v) is 3.73. The molecule has 0 aromatic carbocycles. The minimum absolute atomic E-state index is 0.0424. The van der Waals surface area contributed by atoms with Crippen LogP contribution in [0.3, 0.4) is 0 Å². The molecule has 8 N–H and O–H groups in total. The maximum Gasteiger partial charge on any atom is 0.104 e. The van der Waals surface area contributed by atoms with Crippen molar-refractivity contribution in [1.82, 2.24) is 0 Å². The van der Waals surface area contributed by atoms with Crippen molar-refractivity contribution >= 4 is 0 Å². The molecule has 31 heavy (non-hydrogen) atoms. The van der Waals surface area contributed by atoms with Gasteiger partial charge in [0.05, 0.1) is 79.3 Å². The zero-order chi connectivity index (χ0) is 23.5. The van der Waals surface area contributed by atoms with Crippen molar-refractivity contribution in [3.63, 3.8) is 0 Å². The first-order valence-electron chi connectivity index (χ1n) is 9.98. The van der Waals surface area contributed by atoms with Crippen LogP contribution in [-0.2, 0) is 23.7 Å². The van der Waals surface area contributed by atoms with E-state index in [1.807, 2.05) is 0 Å². The molecular weight excluding hydrogens is 424 g/mol. The van der Waals surface area contributed by atoms with Crippen LogP contribution in [0.15, 0.2) is 0 Å². The molecule has 0 spiro atoms. The molecule has 13 nitrogen and oxygen atoms in total. The second-order valence-electron chi connectivity index (χ2n) is 6.87. The smallest absolute Gasteiger partial charge is 0.104 e. The van der Waals surface area contributed by atoms with E-state index in [9.17, 15) is 20.4 Å². The van der Waals surface area contributed by atoms with Gasteiger partial charge in [-0.1, -0.05) is 0 Å². The van der Waals surface area contributed by atoms with E-state index in [0.717, 1.165) is 0 Å². The molecule has 6 unspecified atom stereocenters. The van der Waals surface area contributed by atoms with Crippen molar-refractivity contribution in [3.05, 3.63) is 0 Å². The fourth-order valence-corrected chi connectivity index (χ4v) is 2.01. The van der Waals surface area contributed by atoms with Gasteiger partial charge in [0.2, 0.25) is 0 Å². The molecule has 6 atom stereocenters. The summed E-state index contributed by atoms with van der Waals surface area (Å²) in [5.74, 6) is 0. The number of aliphatic hydroxyl groups is 8. The van der Waals surface area contributed by atoms with Gasteiger partial charge >= 0.3 is 0 Å². The van der Waals surface area contributed by atoms with Crippen molar-refractivity contribution in [2.75, 3.05) is 79.3 Å². The van der Waals surface area contributed by atoms with Gasteiger partial charge in [-0.15, -0.1) is 0 Å². The lowest BCUT2D eigenvalue weighted by atomic mass is 10.3. The summed E-state index contributed by atoms with van der Waals surface area (Å²) in [6, 6.07) is 0. The minimum atomic E-state index is -1.05. The molecule has 0 rings (SSSR count). The van der Waals surface area contributed by atoms with E-state index in [0.29, 0.717) is 0 Å². The quantitative estimate of drug-likeness (QED) is 0.0761. The molecule has 0 aliphatic carbocycles. The van der Waals surface area contributed by atoms with E-state index in [1.165, 1.54) is 0 Å². The van der Waals surface area contributed by atoms with E-state index in [4.69, 9.17) is 44.1 Å². The van der Waals surface area contributed by atoms with Crippen LogP contribution in [0.1, 0.15) is 0 Å². The molecule has 0 aliphatic rings. The molecule has 0 aliphatic heterocycles. The van der Waals surface area contributed by atoms with Gasteiger partial charge < -0.3 is 64.5 Å². The van der Waals surface area contributed by atoms with E-state index in [-0.39, 0.29) is 66.1 Å². The fraction of sp³-hybridized carbons (Fsp3) is 1.00. The average Bonchev–Trinajstić information content (AvgIpc) is 2.77. The highest BCUT2D eigenvalue weighted by atomic mass is 16.6. The maximum atomic E-state index is 9.90. The zero-order valence-electron chi connectivity index (χ0n) is 17.6. The monoisotopic (exact) mass is 462 g/mol. The van der Waals surface area contributed by atoms with E-state index >= 15 is 0 Å². The van der Waals surface area contributed by atoms with Gasteiger partial charge in [-0.3, -0.25) is 0 Å². The average molecular weight is 462 g/mol. The number of hydrogen-bond donors (Lipinski definition) is 8. The second-order valence-corrected chi connectivity index (χ2v) is 6.87. The van der Waals surface area contributed by atoms with Crippen LogP contribution in [-0.4, -0.2) is 157 Å². The second kappa shape index (κ2) is 20.1. The summed E-state index contributed by atoms with van der Waals surface area (Å²) in [5, 5.41) is 73.7. The van der Waals surface area contributed by atoms with Gasteiger partial charge in [0, 0.05) is 0 Å². The first kappa shape index (κ1) is 30.5. The largest absolute Gasteiger partial charge is 0.394 e. The molecule has 0 aromatic rings. The molecule has 0 amide bonds. The molecule has 0 fully saturated rings. The van der Waals surface area contributed by atoms with E-state index < -0.39 is 49.8 Å². The Hall–Kier alpha value is -0.520.